The molecule has 0 aliphatic rings. The fourth-order valence-corrected chi connectivity index (χ4v) is 1.12. The lowest BCUT2D eigenvalue weighted by Crippen LogP contribution is -2.29. The van der Waals surface area contributed by atoms with Crippen molar-refractivity contribution in [2.24, 2.45) is 0 Å². The maximum absolute atomic E-state index is 13.1. The van der Waals surface area contributed by atoms with Gasteiger partial charge in [0.2, 0.25) is 0 Å². The number of aliphatic hydroxyl groups excluding tert-OH is 2. The molecule has 0 unspecified atom stereocenters. The van der Waals surface area contributed by atoms with Crippen LogP contribution < -0.4 is 5.32 Å². The molecule has 0 amide bonds. The van der Waals surface area contributed by atoms with Gasteiger partial charge in [-0.25, -0.2) is 4.39 Å². The van der Waals surface area contributed by atoms with Crippen molar-refractivity contribution in [2.75, 3.05) is 13.2 Å². The molecule has 0 radical (unpaired) electrons. The fourth-order valence-electron chi connectivity index (χ4n) is 1.12. The molecule has 0 aliphatic heterocycles. The second-order valence-corrected chi connectivity index (χ2v) is 3.24. The molecule has 1 atom stereocenters. The number of rotatable bonds is 5. The zero-order chi connectivity index (χ0) is 11.3. The van der Waals surface area contributed by atoms with Crippen LogP contribution in [0, 0.1) is 5.82 Å². The Labute approximate surface area is 87.0 Å². The molecule has 1 aromatic rings. The largest absolute Gasteiger partial charge is 0.508 e. The Hall–Kier alpha value is -1.17. The van der Waals surface area contributed by atoms with Crippen LogP contribution in [0.25, 0.3) is 0 Å². The molecule has 1 aromatic carbocycles. The topological polar surface area (TPSA) is 72.7 Å². The maximum atomic E-state index is 13.1. The van der Waals surface area contributed by atoms with E-state index in [1.54, 1.807) is 0 Å². The highest BCUT2D eigenvalue weighted by Crippen LogP contribution is 2.14. The van der Waals surface area contributed by atoms with Crippen molar-refractivity contribution in [3.05, 3.63) is 29.6 Å². The van der Waals surface area contributed by atoms with Crippen LogP contribution in [-0.2, 0) is 6.54 Å². The fraction of sp³-hybridized carbons (Fsp3) is 0.400. The number of phenolic OH excluding ortho intramolecular Hbond substituents is 1. The van der Waals surface area contributed by atoms with Crippen molar-refractivity contribution in [1.82, 2.24) is 5.32 Å². The predicted molar refractivity (Wildman–Crippen MR) is 52.9 cm³/mol. The molecule has 0 aliphatic carbocycles. The highest BCUT2D eigenvalue weighted by Gasteiger charge is 2.04. The van der Waals surface area contributed by atoms with Crippen molar-refractivity contribution in [2.45, 2.75) is 12.6 Å². The second kappa shape index (κ2) is 5.65. The van der Waals surface area contributed by atoms with Gasteiger partial charge in [0.15, 0.2) is 0 Å². The average Bonchev–Trinajstić information content (AvgIpc) is 2.21. The lowest BCUT2D eigenvalue weighted by Gasteiger charge is -2.09. The number of hydrogen-bond acceptors (Lipinski definition) is 4. The number of benzene rings is 1. The molecule has 15 heavy (non-hydrogen) atoms. The lowest BCUT2D eigenvalue weighted by atomic mass is 10.2. The molecule has 0 aromatic heterocycles. The number of aromatic hydroxyl groups is 1. The molecule has 4 N–H and O–H groups in total. The van der Waals surface area contributed by atoms with Crippen LogP contribution in [0.15, 0.2) is 18.2 Å². The summed E-state index contributed by atoms with van der Waals surface area (Å²) in [6.45, 7) is 0.102. The van der Waals surface area contributed by atoms with Gasteiger partial charge in [-0.3, -0.25) is 0 Å². The third-order valence-electron chi connectivity index (χ3n) is 1.94. The van der Waals surface area contributed by atoms with Gasteiger partial charge < -0.3 is 20.6 Å². The number of hydrogen-bond donors (Lipinski definition) is 4. The van der Waals surface area contributed by atoms with E-state index in [4.69, 9.17) is 15.3 Å². The zero-order valence-electron chi connectivity index (χ0n) is 8.15. The Morgan fingerprint density at radius 3 is 2.73 bits per heavy atom. The molecule has 0 saturated carbocycles. The molecular formula is C10H14FNO3. The van der Waals surface area contributed by atoms with Crippen molar-refractivity contribution >= 4 is 0 Å². The second-order valence-electron chi connectivity index (χ2n) is 3.24. The molecule has 84 valence electrons. The number of nitrogens with one attached hydrogen (secondary N) is 1. The van der Waals surface area contributed by atoms with Crippen LogP contribution in [0.3, 0.4) is 0 Å². The summed E-state index contributed by atoms with van der Waals surface area (Å²) >= 11 is 0. The molecule has 1 rings (SSSR count). The van der Waals surface area contributed by atoms with E-state index < -0.39 is 11.9 Å². The summed E-state index contributed by atoms with van der Waals surface area (Å²) in [4.78, 5) is 0. The van der Waals surface area contributed by atoms with Crippen molar-refractivity contribution in [1.29, 1.82) is 0 Å². The van der Waals surface area contributed by atoms with Gasteiger partial charge in [0, 0.05) is 24.7 Å². The Morgan fingerprint density at radius 1 is 1.40 bits per heavy atom. The maximum Gasteiger partial charge on any atom is 0.131 e. The van der Waals surface area contributed by atoms with E-state index in [2.05, 4.69) is 5.32 Å². The van der Waals surface area contributed by atoms with Crippen molar-refractivity contribution in [3.63, 3.8) is 0 Å². The summed E-state index contributed by atoms with van der Waals surface area (Å²) in [5, 5.41) is 29.3. The van der Waals surface area contributed by atoms with Crippen LogP contribution in [0.1, 0.15) is 5.56 Å². The molecule has 0 heterocycles. The van der Waals surface area contributed by atoms with E-state index >= 15 is 0 Å². The monoisotopic (exact) mass is 215 g/mol. The van der Waals surface area contributed by atoms with E-state index in [0.717, 1.165) is 6.07 Å². The number of phenols is 1. The number of halogens is 1. The summed E-state index contributed by atoms with van der Waals surface area (Å²) in [6, 6.07) is 3.88. The molecule has 0 fully saturated rings. The normalized spacial score (nSPS) is 12.7. The van der Waals surface area contributed by atoms with E-state index in [9.17, 15) is 4.39 Å². The standard InChI is InChI=1S/C10H14FNO3/c11-10-3-8(14)2-1-7(10)4-12-5-9(15)6-13/h1-3,9,12-15H,4-6H2/t9-/m1/s1. The van der Waals surface area contributed by atoms with E-state index in [0.29, 0.717) is 5.56 Å². The van der Waals surface area contributed by atoms with Gasteiger partial charge in [-0.2, -0.15) is 0 Å². The molecule has 4 nitrogen and oxygen atoms in total. The Morgan fingerprint density at radius 2 is 2.13 bits per heavy atom. The first-order chi connectivity index (χ1) is 7.13. The third kappa shape index (κ3) is 3.83. The van der Waals surface area contributed by atoms with Gasteiger partial charge in [0.25, 0.3) is 0 Å². The smallest absolute Gasteiger partial charge is 0.131 e. The van der Waals surface area contributed by atoms with Crippen molar-refractivity contribution < 1.29 is 19.7 Å². The van der Waals surface area contributed by atoms with Gasteiger partial charge in [0.1, 0.15) is 11.6 Å². The third-order valence-corrected chi connectivity index (χ3v) is 1.94. The minimum atomic E-state index is -0.842. The number of aliphatic hydroxyl groups is 2. The van der Waals surface area contributed by atoms with E-state index in [-0.39, 0.29) is 25.4 Å². The first-order valence-electron chi connectivity index (χ1n) is 4.60. The first-order valence-corrected chi connectivity index (χ1v) is 4.60. The first kappa shape index (κ1) is 11.9. The summed E-state index contributed by atoms with van der Waals surface area (Å²) in [5.74, 6) is -0.618. The molecule has 0 bridgehead atoms. The SMILES string of the molecule is OC[C@H](O)CNCc1ccc(O)cc1F. The summed E-state index contributed by atoms with van der Waals surface area (Å²) in [7, 11) is 0. The minimum Gasteiger partial charge on any atom is -0.508 e. The molecule has 0 saturated heterocycles. The van der Waals surface area contributed by atoms with Crippen LogP contribution in [-0.4, -0.2) is 34.6 Å². The van der Waals surface area contributed by atoms with Crippen LogP contribution in [0.2, 0.25) is 0 Å². The van der Waals surface area contributed by atoms with Gasteiger partial charge in [0.05, 0.1) is 12.7 Å². The minimum absolute atomic E-state index is 0.119. The van der Waals surface area contributed by atoms with Gasteiger partial charge in [-0.15, -0.1) is 0 Å². The molecule has 0 spiro atoms. The van der Waals surface area contributed by atoms with Crippen LogP contribution >= 0.6 is 0 Å². The Kier molecular flexibility index (Phi) is 4.48. The van der Waals surface area contributed by atoms with Crippen molar-refractivity contribution in [3.8, 4) is 5.75 Å². The van der Waals surface area contributed by atoms with Crippen LogP contribution in [0.5, 0.6) is 5.75 Å². The Bertz CT molecular complexity index is 320. The summed E-state index contributed by atoms with van der Waals surface area (Å²) in [6.07, 6.45) is -0.842. The summed E-state index contributed by atoms with van der Waals surface area (Å²) in [5.41, 5.74) is 0.401. The Balaban J connectivity index is 2.44. The quantitative estimate of drug-likeness (QED) is 0.557. The molecule has 5 heteroatoms. The van der Waals surface area contributed by atoms with Gasteiger partial charge in [-0.05, 0) is 6.07 Å². The summed E-state index contributed by atoms with van der Waals surface area (Å²) < 4.78 is 13.1. The van der Waals surface area contributed by atoms with Crippen LogP contribution in [0.4, 0.5) is 4.39 Å². The predicted octanol–water partition coefficient (Wildman–Crippen LogP) is -0.0259. The van der Waals surface area contributed by atoms with Gasteiger partial charge >= 0.3 is 0 Å². The van der Waals surface area contributed by atoms with Gasteiger partial charge in [-0.1, -0.05) is 6.07 Å². The molecular weight excluding hydrogens is 201 g/mol. The average molecular weight is 215 g/mol. The lowest BCUT2D eigenvalue weighted by molar-refractivity contribution is 0.0941. The highest BCUT2D eigenvalue weighted by atomic mass is 19.1. The zero-order valence-corrected chi connectivity index (χ0v) is 8.15. The van der Waals surface area contributed by atoms with E-state index in [1.807, 2.05) is 0 Å². The highest BCUT2D eigenvalue weighted by molar-refractivity contribution is 5.27. The van der Waals surface area contributed by atoms with E-state index in [1.165, 1.54) is 12.1 Å².